The average molecular weight is 333 g/mol. The maximum absolute atomic E-state index is 12.0. The number of benzene rings is 1. The summed E-state index contributed by atoms with van der Waals surface area (Å²) in [5.74, 6) is -1.76. The predicted molar refractivity (Wildman–Crippen MR) is 84.2 cm³/mol. The molecule has 1 heterocycles. The van der Waals surface area contributed by atoms with Crippen molar-refractivity contribution in [1.82, 2.24) is 15.5 Å². The van der Waals surface area contributed by atoms with E-state index in [2.05, 4.69) is 10.6 Å². The van der Waals surface area contributed by atoms with Gasteiger partial charge < -0.3 is 15.4 Å². The van der Waals surface area contributed by atoms with Crippen LogP contribution >= 0.6 is 0 Å². The largest absolute Gasteiger partial charge is 0.451 e. The summed E-state index contributed by atoms with van der Waals surface area (Å²) < 4.78 is 4.95. The minimum absolute atomic E-state index is 0.240. The first-order valence-electron chi connectivity index (χ1n) is 7.52. The number of nitrogens with zero attached hydrogens (tertiary/aromatic N) is 1. The molecule has 0 bridgehead atoms. The molecule has 2 N–H and O–H groups in total. The van der Waals surface area contributed by atoms with Crippen LogP contribution in [0.2, 0.25) is 0 Å². The van der Waals surface area contributed by atoms with Gasteiger partial charge in [-0.25, -0.2) is 4.79 Å². The lowest BCUT2D eigenvalue weighted by Gasteiger charge is -2.18. The Hall–Kier alpha value is -2.90. The van der Waals surface area contributed by atoms with Crippen molar-refractivity contribution in [2.24, 2.45) is 0 Å². The van der Waals surface area contributed by atoms with E-state index in [1.807, 2.05) is 6.92 Å². The normalized spacial score (nSPS) is 14.8. The second kappa shape index (κ2) is 7.58. The lowest BCUT2D eigenvalue weighted by Crippen LogP contribution is -2.43. The number of imide groups is 1. The Morgan fingerprint density at radius 2 is 1.96 bits per heavy atom. The van der Waals surface area contributed by atoms with E-state index < -0.39 is 29.9 Å². The van der Waals surface area contributed by atoms with Crippen molar-refractivity contribution in [1.29, 1.82) is 0 Å². The number of carbonyl (C=O) groups excluding carboxylic acids is 4. The lowest BCUT2D eigenvalue weighted by atomic mass is 10.1. The van der Waals surface area contributed by atoms with E-state index in [0.717, 1.165) is 10.5 Å². The summed E-state index contributed by atoms with van der Waals surface area (Å²) in [6.45, 7) is 3.53. The number of esters is 1. The molecule has 1 atom stereocenters. The number of ether oxygens (including phenoxy) is 1. The van der Waals surface area contributed by atoms with Crippen molar-refractivity contribution in [3.8, 4) is 0 Å². The van der Waals surface area contributed by atoms with Crippen molar-refractivity contribution in [2.75, 3.05) is 19.6 Å². The number of nitrogens with one attached hydrogen (secondary N) is 2. The number of amides is 4. The minimum atomic E-state index is -1.10. The number of aryl methyl sites for hydroxylation is 1. The van der Waals surface area contributed by atoms with Crippen LogP contribution in [0.5, 0.6) is 0 Å². The number of urea groups is 1. The molecule has 0 aromatic heterocycles. The molecule has 24 heavy (non-hydrogen) atoms. The molecular formula is C16H19N3O5. The molecule has 1 saturated heterocycles. The Balaban J connectivity index is 1.80. The van der Waals surface area contributed by atoms with Crippen LogP contribution in [-0.2, 0) is 14.3 Å². The second-order valence-corrected chi connectivity index (χ2v) is 5.40. The molecule has 8 nitrogen and oxygen atoms in total. The number of hydrogen-bond donors (Lipinski definition) is 2. The summed E-state index contributed by atoms with van der Waals surface area (Å²) in [5, 5.41) is 4.91. The van der Waals surface area contributed by atoms with Crippen LogP contribution in [0.25, 0.3) is 0 Å². The molecular weight excluding hydrogens is 314 g/mol. The van der Waals surface area contributed by atoms with Crippen molar-refractivity contribution in [3.63, 3.8) is 0 Å². The van der Waals surface area contributed by atoms with Crippen LogP contribution in [0.4, 0.5) is 4.79 Å². The Kier molecular flexibility index (Phi) is 5.51. The molecule has 1 aromatic carbocycles. The molecule has 0 saturated carbocycles. The second-order valence-electron chi connectivity index (χ2n) is 5.40. The Morgan fingerprint density at radius 3 is 2.54 bits per heavy atom. The number of rotatable bonds is 5. The summed E-state index contributed by atoms with van der Waals surface area (Å²) in [6, 6.07) is 6.36. The van der Waals surface area contributed by atoms with E-state index >= 15 is 0 Å². The van der Waals surface area contributed by atoms with E-state index in [0.29, 0.717) is 12.1 Å². The van der Waals surface area contributed by atoms with Crippen LogP contribution < -0.4 is 10.6 Å². The molecule has 1 aliphatic heterocycles. The predicted octanol–water partition coefficient (Wildman–Crippen LogP) is 0.208. The zero-order valence-electron chi connectivity index (χ0n) is 13.5. The molecule has 4 amide bonds. The summed E-state index contributed by atoms with van der Waals surface area (Å²) in [5.41, 5.74) is 1.44. The smallest absolute Gasteiger partial charge is 0.326 e. The van der Waals surface area contributed by atoms with Gasteiger partial charge in [0.1, 0.15) is 6.54 Å². The SMILES string of the molecule is Cc1ccc(C(=O)NCC(=O)OC(C)C(=O)N2CCNC2=O)cc1. The summed E-state index contributed by atoms with van der Waals surface area (Å²) in [7, 11) is 0. The highest BCUT2D eigenvalue weighted by Crippen LogP contribution is 2.05. The van der Waals surface area contributed by atoms with Crippen LogP contribution in [0, 0.1) is 6.92 Å². The van der Waals surface area contributed by atoms with Crippen LogP contribution in [0.3, 0.4) is 0 Å². The fourth-order valence-corrected chi connectivity index (χ4v) is 2.15. The third-order valence-electron chi connectivity index (χ3n) is 3.49. The van der Waals surface area contributed by atoms with Crippen molar-refractivity contribution in [2.45, 2.75) is 20.0 Å². The monoisotopic (exact) mass is 333 g/mol. The van der Waals surface area contributed by atoms with Crippen LogP contribution in [0.15, 0.2) is 24.3 Å². The van der Waals surface area contributed by atoms with Crippen molar-refractivity contribution >= 4 is 23.8 Å². The highest BCUT2D eigenvalue weighted by molar-refractivity contribution is 5.99. The molecule has 1 aromatic rings. The Morgan fingerprint density at radius 1 is 1.29 bits per heavy atom. The maximum Gasteiger partial charge on any atom is 0.326 e. The highest BCUT2D eigenvalue weighted by atomic mass is 16.5. The molecule has 1 fully saturated rings. The van der Waals surface area contributed by atoms with Gasteiger partial charge in [0, 0.05) is 18.7 Å². The van der Waals surface area contributed by atoms with Gasteiger partial charge in [-0.3, -0.25) is 19.3 Å². The number of hydrogen-bond acceptors (Lipinski definition) is 5. The standard InChI is InChI=1S/C16H19N3O5/c1-10-3-5-12(6-4-10)14(21)18-9-13(20)24-11(2)15(22)19-8-7-17-16(19)23/h3-6,11H,7-9H2,1-2H3,(H,17,23)(H,18,21). The van der Waals surface area contributed by atoms with Crippen LogP contribution in [-0.4, -0.2) is 54.5 Å². The topological polar surface area (TPSA) is 105 Å². The van der Waals surface area contributed by atoms with Crippen LogP contribution in [0.1, 0.15) is 22.8 Å². The van der Waals surface area contributed by atoms with Gasteiger partial charge in [-0.15, -0.1) is 0 Å². The molecule has 0 spiro atoms. The van der Waals surface area contributed by atoms with Gasteiger partial charge in [-0.2, -0.15) is 0 Å². The average Bonchev–Trinajstić information content (AvgIpc) is 2.98. The third kappa shape index (κ3) is 4.31. The van der Waals surface area contributed by atoms with Gasteiger partial charge in [-0.05, 0) is 26.0 Å². The van der Waals surface area contributed by atoms with Gasteiger partial charge in [0.05, 0.1) is 0 Å². The fraction of sp³-hybridized carbons (Fsp3) is 0.375. The first-order valence-corrected chi connectivity index (χ1v) is 7.52. The van der Waals surface area contributed by atoms with Gasteiger partial charge in [0.2, 0.25) is 0 Å². The van der Waals surface area contributed by atoms with E-state index in [1.165, 1.54) is 6.92 Å². The fourth-order valence-electron chi connectivity index (χ4n) is 2.15. The maximum atomic E-state index is 12.0. The van der Waals surface area contributed by atoms with Crippen molar-refractivity contribution < 1.29 is 23.9 Å². The molecule has 1 unspecified atom stereocenters. The first-order chi connectivity index (χ1) is 11.4. The minimum Gasteiger partial charge on any atom is -0.451 e. The first kappa shape index (κ1) is 17.5. The molecule has 8 heteroatoms. The van der Waals surface area contributed by atoms with Gasteiger partial charge in [-0.1, -0.05) is 17.7 Å². The van der Waals surface area contributed by atoms with Gasteiger partial charge in [0.15, 0.2) is 6.10 Å². The van der Waals surface area contributed by atoms with E-state index in [-0.39, 0.29) is 13.1 Å². The molecule has 2 rings (SSSR count). The van der Waals surface area contributed by atoms with E-state index in [9.17, 15) is 19.2 Å². The molecule has 0 aliphatic carbocycles. The zero-order chi connectivity index (χ0) is 17.7. The Bertz CT molecular complexity index is 656. The van der Waals surface area contributed by atoms with E-state index in [4.69, 9.17) is 4.74 Å². The summed E-state index contributed by atoms with van der Waals surface area (Å²) >= 11 is 0. The molecule has 128 valence electrons. The highest BCUT2D eigenvalue weighted by Gasteiger charge is 2.31. The quantitative estimate of drug-likeness (QED) is 0.750. The number of carbonyl (C=O) groups is 4. The lowest BCUT2D eigenvalue weighted by molar-refractivity contribution is -0.156. The molecule has 0 radical (unpaired) electrons. The van der Waals surface area contributed by atoms with Gasteiger partial charge >= 0.3 is 12.0 Å². The zero-order valence-corrected chi connectivity index (χ0v) is 13.5. The molecule has 1 aliphatic rings. The summed E-state index contributed by atoms with van der Waals surface area (Å²) in [6.07, 6.45) is -1.10. The van der Waals surface area contributed by atoms with Gasteiger partial charge in [0.25, 0.3) is 11.8 Å². The summed E-state index contributed by atoms with van der Waals surface area (Å²) in [4.78, 5) is 48.0. The third-order valence-corrected chi connectivity index (χ3v) is 3.49. The van der Waals surface area contributed by atoms with Crippen molar-refractivity contribution in [3.05, 3.63) is 35.4 Å². The van der Waals surface area contributed by atoms with E-state index in [1.54, 1.807) is 24.3 Å². The Labute approximate surface area is 139 Å².